The third-order valence-electron chi connectivity index (χ3n) is 20.6. The van der Waals surface area contributed by atoms with Gasteiger partial charge in [-0.1, -0.05) is 395 Å². The minimum absolute atomic E-state index is 0.107. The van der Waals surface area contributed by atoms with Crippen molar-refractivity contribution in [1.29, 1.82) is 0 Å². The Morgan fingerprint density at radius 3 is 0.731 bits per heavy atom. The lowest BCUT2D eigenvalue weighted by atomic mass is 9.99. The van der Waals surface area contributed by atoms with Crippen LogP contribution in [0, 0.1) is 17.8 Å². The Kier molecular flexibility index (Phi) is 73.7. The van der Waals surface area contributed by atoms with E-state index in [1.807, 2.05) is 0 Å². The number of phosphoric acid groups is 2. The molecule has 0 amide bonds. The van der Waals surface area contributed by atoms with E-state index in [1.165, 1.54) is 257 Å². The molecule has 0 aromatic carbocycles. The average Bonchev–Trinajstić information content (AvgIpc) is 0.902. The van der Waals surface area contributed by atoms with Crippen LogP contribution in [-0.4, -0.2) is 96.7 Å². The molecule has 19 heteroatoms. The maximum Gasteiger partial charge on any atom is 0.472 e. The number of unbranched alkanes of at least 4 members (excludes halogenated alkanes) is 49. The van der Waals surface area contributed by atoms with Gasteiger partial charge in [0.05, 0.1) is 26.4 Å². The van der Waals surface area contributed by atoms with Gasteiger partial charge in [0, 0.05) is 25.7 Å². The molecule has 0 rings (SSSR count). The molecule has 0 aliphatic heterocycles. The zero-order valence-corrected chi connectivity index (χ0v) is 70.3. The molecule has 0 heterocycles. The van der Waals surface area contributed by atoms with Gasteiger partial charge in [0.1, 0.15) is 19.3 Å². The summed E-state index contributed by atoms with van der Waals surface area (Å²) in [5.74, 6) is 0.343. The van der Waals surface area contributed by atoms with Crippen LogP contribution in [0.2, 0.25) is 0 Å². The molecule has 0 spiro atoms. The molecule has 7 atom stereocenters. The molecule has 0 bridgehead atoms. The van der Waals surface area contributed by atoms with Gasteiger partial charge in [-0.3, -0.25) is 37.3 Å². The fourth-order valence-electron chi connectivity index (χ4n) is 13.1. The van der Waals surface area contributed by atoms with Crippen molar-refractivity contribution in [1.82, 2.24) is 0 Å². The lowest BCUT2D eigenvalue weighted by molar-refractivity contribution is -0.161. The molecule has 0 saturated carbocycles. The molecule has 0 aromatic heterocycles. The van der Waals surface area contributed by atoms with Crippen LogP contribution in [0.3, 0.4) is 0 Å². The number of aliphatic hydroxyl groups excluding tert-OH is 1. The SMILES string of the molecule is CCCCCCCCCCCCCCCC(=O)O[C@H](COC(=O)CCCCCCCCCCC(C)CC)COP(=O)(O)OC[C@H](O)COP(=O)(O)OC[C@@H](COC(=O)CCCCCCCCCCCCCCCCC(C)C)OC(=O)CCCCCCCCCCCCCCCCCCCCC(C)CC. The van der Waals surface area contributed by atoms with Gasteiger partial charge in [0.15, 0.2) is 12.2 Å². The monoisotopic (exact) mass is 1520 g/mol. The largest absolute Gasteiger partial charge is 0.472 e. The fraction of sp³-hybridized carbons (Fsp3) is 0.953. The van der Waals surface area contributed by atoms with Gasteiger partial charge >= 0.3 is 39.5 Å². The maximum absolute atomic E-state index is 13.1. The third-order valence-corrected chi connectivity index (χ3v) is 22.5. The van der Waals surface area contributed by atoms with Crippen LogP contribution in [0.1, 0.15) is 447 Å². The van der Waals surface area contributed by atoms with Crippen molar-refractivity contribution in [3.05, 3.63) is 0 Å². The van der Waals surface area contributed by atoms with Crippen LogP contribution in [0.5, 0.6) is 0 Å². The highest BCUT2D eigenvalue weighted by Gasteiger charge is 2.30. The first-order chi connectivity index (χ1) is 50.3. The van der Waals surface area contributed by atoms with E-state index in [0.717, 1.165) is 108 Å². The van der Waals surface area contributed by atoms with Crippen molar-refractivity contribution in [3.8, 4) is 0 Å². The molecule has 3 N–H and O–H groups in total. The summed E-state index contributed by atoms with van der Waals surface area (Å²) < 4.78 is 68.9. The number of aliphatic hydroxyl groups is 1. The first-order valence-corrected chi connectivity index (χ1v) is 46.9. The third kappa shape index (κ3) is 75.5. The van der Waals surface area contributed by atoms with Crippen molar-refractivity contribution < 1.29 is 80.2 Å². The highest BCUT2D eigenvalue weighted by atomic mass is 31.2. The molecule has 0 saturated heterocycles. The summed E-state index contributed by atoms with van der Waals surface area (Å²) in [6.45, 7) is 12.1. The number of hydrogen-bond donors (Lipinski definition) is 3. The molecule has 4 unspecified atom stereocenters. The van der Waals surface area contributed by atoms with Gasteiger partial charge in [-0.2, -0.15) is 0 Å². The first-order valence-electron chi connectivity index (χ1n) is 43.9. The van der Waals surface area contributed by atoms with E-state index >= 15 is 0 Å². The standard InChI is InChI=1S/C85H166O17P2/c1-8-11-12-13-14-15-16-25-33-38-47-54-61-68-84(89)102-81(73-96-83(88)67-60-53-46-41-40-44-51-58-65-78(7)10-3)75-100-104(93,94)98-71-79(86)70-97-103(91,92)99-74-80(72-95-82(87)66-59-52-45-37-32-28-24-23-26-30-35-42-49-56-63-76(4)5)101-85(90)69-62-55-48-39-34-29-22-20-18-17-19-21-27-31-36-43-50-57-64-77(6)9-2/h76-81,86H,8-75H2,1-7H3,(H,91,92)(H,93,94)/t77?,78?,79-,80-,81-/m1/s1. The van der Waals surface area contributed by atoms with Gasteiger partial charge < -0.3 is 33.8 Å². The summed E-state index contributed by atoms with van der Waals surface area (Å²) in [5, 5.41) is 10.7. The lowest BCUT2D eigenvalue weighted by Crippen LogP contribution is -2.30. The molecule has 0 fully saturated rings. The van der Waals surface area contributed by atoms with Gasteiger partial charge in [-0.05, 0) is 43.4 Å². The Balaban J connectivity index is 5.24. The highest BCUT2D eigenvalue weighted by molar-refractivity contribution is 7.47. The number of carbonyl (C=O) groups excluding carboxylic acids is 4. The molecule has 618 valence electrons. The summed E-state index contributed by atoms with van der Waals surface area (Å²) in [6, 6.07) is 0. The first kappa shape index (κ1) is 102. The molecule has 0 aliphatic carbocycles. The molecule has 17 nitrogen and oxygen atoms in total. The summed E-state index contributed by atoms with van der Waals surface area (Å²) in [6.07, 6.45) is 65.1. The van der Waals surface area contributed by atoms with E-state index in [4.69, 9.17) is 37.0 Å². The number of phosphoric ester groups is 2. The van der Waals surface area contributed by atoms with Crippen molar-refractivity contribution in [2.75, 3.05) is 39.6 Å². The van der Waals surface area contributed by atoms with E-state index in [2.05, 4.69) is 48.5 Å². The molecular weight excluding hydrogens is 1350 g/mol. The Labute approximate surface area is 638 Å². The van der Waals surface area contributed by atoms with Crippen LogP contribution < -0.4 is 0 Å². The molecular formula is C85H166O17P2. The maximum atomic E-state index is 13.1. The van der Waals surface area contributed by atoms with Crippen molar-refractivity contribution in [2.24, 2.45) is 17.8 Å². The molecule has 104 heavy (non-hydrogen) atoms. The topological polar surface area (TPSA) is 237 Å². The molecule has 0 aromatic rings. The number of esters is 4. The zero-order valence-electron chi connectivity index (χ0n) is 68.5. The quantitative estimate of drug-likeness (QED) is 0.0222. The van der Waals surface area contributed by atoms with E-state index in [9.17, 15) is 43.2 Å². The van der Waals surface area contributed by atoms with Crippen LogP contribution in [-0.2, 0) is 65.4 Å². The Hall–Kier alpha value is -1.94. The van der Waals surface area contributed by atoms with Crippen LogP contribution in [0.25, 0.3) is 0 Å². The Bertz CT molecular complexity index is 2010. The summed E-state index contributed by atoms with van der Waals surface area (Å²) in [7, 11) is -9.93. The van der Waals surface area contributed by atoms with E-state index < -0.39 is 97.5 Å². The average molecular weight is 1520 g/mol. The highest BCUT2D eigenvalue weighted by Crippen LogP contribution is 2.45. The predicted octanol–water partition coefficient (Wildman–Crippen LogP) is 25.7. The number of rotatable bonds is 83. The van der Waals surface area contributed by atoms with Crippen LogP contribution in [0.15, 0.2) is 0 Å². The van der Waals surface area contributed by atoms with Crippen molar-refractivity contribution in [3.63, 3.8) is 0 Å². The van der Waals surface area contributed by atoms with E-state index in [0.29, 0.717) is 25.7 Å². The van der Waals surface area contributed by atoms with Crippen LogP contribution >= 0.6 is 15.6 Å². The predicted molar refractivity (Wildman–Crippen MR) is 428 cm³/mol. The Morgan fingerprint density at radius 2 is 0.490 bits per heavy atom. The zero-order chi connectivity index (χ0) is 76.5. The second-order valence-electron chi connectivity index (χ2n) is 31.5. The minimum Gasteiger partial charge on any atom is -0.462 e. The molecule has 0 aliphatic rings. The second kappa shape index (κ2) is 75.1. The van der Waals surface area contributed by atoms with E-state index in [1.54, 1.807) is 0 Å². The Morgan fingerprint density at radius 1 is 0.279 bits per heavy atom. The summed E-state index contributed by atoms with van der Waals surface area (Å²) in [4.78, 5) is 73.2. The smallest absolute Gasteiger partial charge is 0.462 e. The number of ether oxygens (including phenoxy) is 4. The van der Waals surface area contributed by atoms with Gasteiger partial charge in [-0.15, -0.1) is 0 Å². The lowest BCUT2D eigenvalue weighted by Gasteiger charge is -2.21. The van der Waals surface area contributed by atoms with Crippen molar-refractivity contribution in [2.45, 2.75) is 465 Å². The van der Waals surface area contributed by atoms with Gasteiger partial charge in [0.25, 0.3) is 0 Å². The summed E-state index contributed by atoms with van der Waals surface area (Å²) in [5.41, 5.74) is 0. The minimum atomic E-state index is -4.97. The second-order valence-corrected chi connectivity index (χ2v) is 34.4. The summed E-state index contributed by atoms with van der Waals surface area (Å²) >= 11 is 0. The molecule has 0 radical (unpaired) electrons. The van der Waals surface area contributed by atoms with Crippen molar-refractivity contribution >= 4 is 39.5 Å². The van der Waals surface area contributed by atoms with Crippen LogP contribution in [0.4, 0.5) is 0 Å². The van der Waals surface area contributed by atoms with Gasteiger partial charge in [0.2, 0.25) is 0 Å². The number of hydrogen-bond acceptors (Lipinski definition) is 15. The fourth-order valence-corrected chi connectivity index (χ4v) is 14.7. The van der Waals surface area contributed by atoms with E-state index in [-0.39, 0.29) is 25.7 Å². The van der Waals surface area contributed by atoms with Gasteiger partial charge in [-0.25, -0.2) is 9.13 Å². The number of carbonyl (C=O) groups is 4. The normalized spacial score (nSPS) is 14.4.